The van der Waals surface area contributed by atoms with E-state index in [2.05, 4.69) is 15.5 Å². The van der Waals surface area contributed by atoms with Crippen LogP contribution in [0.2, 0.25) is 0 Å². The summed E-state index contributed by atoms with van der Waals surface area (Å²) in [5.41, 5.74) is 1.93. The van der Waals surface area contributed by atoms with Crippen molar-refractivity contribution in [2.24, 2.45) is 0 Å². The highest BCUT2D eigenvalue weighted by molar-refractivity contribution is 5.66. The van der Waals surface area contributed by atoms with Crippen molar-refractivity contribution in [3.8, 4) is 17.1 Å². The molecular weight excluding hydrogens is 242 g/mol. The van der Waals surface area contributed by atoms with Gasteiger partial charge in [-0.3, -0.25) is 0 Å². The van der Waals surface area contributed by atoms with Crippen molar-refractivity contribution >= 4 is 0 Å². The average Bonchev–Trinajstić information content (AvgIpc) is 3.09. The number of rotatable bonds is 3. The standard InChI is InChI=1S/C14H17N3O2/c1-9-5-3-6-10(12(9)18-2)13-16-14(19-17-13)11-7-4-8-15-11/h3,5-6,11,15H,4,7-8H2,1-2H3/t11-/m0/s1. The molecule has 1 fully saturated rings. The van der Waals surface area contributed by atoms with Crippen LogP contribution in [0.3, 0.4) is 0 Å². The highest BCUT2D eigenvalue weighted by Gasteiger charge is 2.23. The minimum absolute atomic E-state index is 0.192. The third kappa shape index (κ3) is 2.21. The summed E-state index contributed by atoms with van der Waals surface area (Å²) in [6, 6.07) is 6.11. The number of aryl methyl sites for hydroxylation is 1. The van der Waals surface area contributed by atoms with E-state index < -0.39 is 0 Å². The lowest BCUT2D eigenvalue weighted by Gasteiger charge is -2.07. The molecular formula is C14H17N3O2. The monoisotopic (exact) mass is 259 g/mol. The van der Waals surface area contributed by atoms with Gasteiger partial charge in [0.2, 0.25) is 11.7 Å². The molecule has 1 saturated heterocycles. The summed E-state index contributed by atoms with van der Waals surface area (Å²) in [6.45, 7) is 3.01. The van der Waals surface area contributed by atoms with E-state index >= 15 is 0 Å². The maximum atomic E-state index is 5.43. The molecule has 19 heavy (non-hydrogen) atoms. The molecule has 0 amide bonds. The van der Waals surface area contributed by atoms with E-state index in [9.17, 15) is 0 Å². The molecule has 100 valence electrons. The fourth-order valence-corrected chi connectivity index (χ4v) is 2.48. The van der Waals surface area contributed by atoms with Gasteiger partial charge in [0.1, 0.15) is 5.75 Å². The van der Waals surface area contributed by atoms with Gasteiger partial charge in [-0.1, -0.05) is 17.3 Å². The lowest BCUT2D eigenvalue weighted by atomic mass is 10.1. The van der Waals surface area contributed by atoms with Gasteiger partial charge in [0.15, 0.2) is 0 Å². The van der Waals surface area contributed by atoms with Crippen LogP contribution in [0.1, 0.15) is 30.3 Å². The van der Waals surface area contributed by atoms with Crippen molar-refractivity contribution in [1.82, 2.24) is 15.5 Å². The van der Waals surface area contributed by atoms with Gasteiger partial charge in [-0.25, -0.2) is 0 Å². The molecule has 1 aromatic heterocycles. The van der Waals surface area contributed by atoms with Gasteiger partial charge in [-0.05, 0) is 37.9 Å². The number of methoxy groups -OCH3 is 1. The Kier molecular flexibility index (Phi) is 3.21. The fraction of sp³-hybridized carbons (Fsp3) is 0.429. The van der Waals surface area contributed by atoms with Crippen LogP contribution in [0.25, 0.3) is 11.4 Å². The molecule has 0 aliphatic carbocycles. The summed E-state index contributed by atoms with van der Waals surface area (Å²) in [6.07, 6.45) is 2.20. The topological polar surface area (TPSA) is 60.2 Å². The van der Waals surface area contributed by atoms with Crippen LogP contribution in [-0.4, -0.2) is 23.8 Å². The van der Waals surface area contributed by atoms with E-state index in [0.29, 0.717) is 11.7 Å². The number of nitrogens with zero attached hydrogens (tertiary/aromatic N) is 2. The maximum absolute atomic E-state index is 5.43. The normalized spacial score (nSPS) is 18.7. The fourth-order valence-electron chi connectivity index (χ4n) is 2.48. The van der Waals surface area contributed by atoms with Gasteiger partial charge in [0.25, 0.3) is 0 Å². The molecule has 1 aliphatic rings. The van der Waals surface area contributed by atoms with E-state index in [1.54, 1.807) is 7.11 Å². The molecule has 2 aromatic rings. The van der Waals surface area contributed by atoms with Crippen LogP contribution >= 0.6 is 0 Å². The Bertz CT molecular complexity index is 574. The van der Waals surface area contributed by atoms with Crippen molar-refractivity contribution in [2.75, 3.05) is 13.7 Å². The van der Waals surface area contributed by atoms with Gasteiger partial charge in [-0.15, -0.1) is 0 Å². The molecule has 0 spiro atoms. The highest BCUT2D eigenvalue weighted by Crippen LogP contribution is 2.32. The van der Waals surface area contributed by atoms with Crippen molar-refractivity contribution in [2.45, 2.75) is 25.8 Å². The lowest BCUT2D eigenvalue weighted by Crippen LogP contribution is -2.12. The second-order valence-electron chi connectivity index (χ2n) is 4.76. The first kappa shape index (κ1) is 12.2. The predicted octanol–water partition coefficient (Wildman–Crippen LogP) is 2.48. The minimum Gasteiger partial charge on any atom is -0.496 e. The molecule has 0 radical (unpaired) electrons. The quantitative estimate of drug-likeness (QED) is 0.917. The lowest BCUT2D eigenvalue weighted by molar-refractivity contribution is 0.344. The zero-order valence-corrected chi connectivity index (χ0v) is 11.1. The summed E-state index contributed by atoms with van der Waals surface area (Å²) in [5, 5.41) is 7.42. The predicted molar refractivity (Wildman–Crippen MR) is 71.0 cm³/mol. The van der Waals surface area contributed by atoms with Crippen LogP contribution in [0, 0.1) is 6.92 Å². The van der Waals surface area contributed by atoms with E-state index in [1.165, 1.54) is 0 Å². The Morgan fingerprint density at radius 1 is 1.42 bits per heavy atom. The smallest absolute Gasteiger partial charge is 0.244 e. The molecule has 2 heterocycles. The summed E-state index contributed by atoms with van der Waals surface area (Å²) >= 11 is 0. The van der Waals surface area contributed by atoms with Gasteiger partial charge in [0, 0.05) is 0 Å². The molecule has 1 aliphatic heterocycles. The van der Waals surface area contributed by atoms with Crippen molar-refractivity contribution < 1.29 is 9.26 Å². The first-order chi connectivity index (χ1) is 9.29. The minimum atomic E-state index is 0.192. The molecule has 3 rings (SSSR count). The molecule has 5 nitrogen and oxygen atoms in total. The van der Waals surface area contributed by atoms with E-state index in [4.69, 9.17) is 9.26 Å². The summed E-state index contributed by atoms with van der Waals surface area (Å²) < 4.78 is 10.8. The Labute approximate surface area is 112 Å². The third-order valence-corrected chi connectivity index (χ3v) is 3.46. The summed E-state index contributed by atoms with van der Waals surface area (Å²) in [4.78, 5) is 4.49. The average molecular weight is 259 g/mol. The van der Waals surface area contributed by atoms with Gasteiger partial charge in [-0.2, -0.15) is 4.98 Å². The molecule has 0 unspecified atom stereocenters. The zero-order chi connectivity index (χ0) is 13.2. The van der Waals surface area contributed by atoms with Gasteiger partial charge < -0.3 is 14.6 Å². The Morgan fingerprint density at radius 3 is 3.05 bits per heavy atom. The first-order valence-corrected chi connectivity index (χ1v) is 6.50. The Hall–Kier alpha value is -1.88. The van der Waals surface area contributed by atoms with Crippen LogP contribution in [0.4, 0.5) is 0 Å². The number of nitrogens with one attached hydrogen (secondary N) is 1. The second kappa shape index (κ2) is 5.01. The number of hydrogen-bond acceptors (Lipinski definition) is 5. The van der Waals surface area contributed by atoms with Crippen LogP contribution in [-0.2, 0) is 0 Å². The highest BCUT2D eigenvalue weighted by atomic mass is 16.5. The molecule has 0 saturated carbocycles. The van der Waals surface area contributed by atoms with Gasteiger partial charge in [0.05, 0.1) is 18.7 Å². The summed E-state index contributed by atoms with van der Waals surface area (Å²) in [5.74, 6) is 2.05. The first-order valence-electron chi connectivity index (χ1n) is 6.50. The van der Waals surface area contributed by atoms with Crippen molar-refractivity contribution in [3.05, 3.63) is 29.7 Å². The number of ether oxygens (including phenoxy) is 1. The number of hydrogen-bond donors (Lipinski definition) is 1. The summed E-state index contributed by atoms with van der Waals surface area (Å²) in [7, 11) is 1.66. The van der Waals surface area contributed by atoms with Crippen LogP contribution < -0.4 is 10.1 Å². The molecule has 5 heteroatoms. The third-order valence-electron chi connectivity index (χ3n) is 3.46. The Balaban J connectivity index is 1.96. The maximum Gasteiger partial charge on any atom is 0.244 e. The second-order valence-corrected chi connectivity index (χ2v) is 4.76. The number of aromatic nitrogens is 2. The molecule has 1 atom stereocenters. The largest absolute Gasteiger partial charge is 0.496 e. The van der Waals surface area contributed by atoms with E-state index in [0.717, 1.165) is 36.3 Å². The zero-order valence-electron chi connectivity index (χ0n) is 11.1. The van der Waals surface area contributed by atoms with Crippen molar-refractivity contribution in [3.63, 3.8) is 0 Å². The van der Waals surface area contributed by atoms with Crippen LogP contribution in [0.15, 0.2) is 22.7 Å². The van der Waals surface area contributed by atoms with Crippen LogP contribution in [0.5, 0.6) is 5.75 Å². The molecule has 0 bridgehead atoms. The number of benzene rings is 1. The number of para-hydroxylation sites is 1. The van der Waals surface area contributed by atoms with Gasteiger partial charge >= 0.3 is 0 Å². The van der Waals surface area contributed by atoms with Crippen molar-refractivity contribution in [1.29, 1.82) is 0 Å². The molecule has 1 N–H and O–H groups in total. The van der Waals surface area contributed by atoms with E-state index in [1.807, 2.05) is 25.1 Å². The Morgan fingerprint density at radius 2 is 2.32 bits per heavy atom. The van der Waals surface area contributed by atoms with E-state index in [-0.39, 0.29) is 6.04 Å². The molecule has 1 aromatic carbocycles. The SMILES string of the molecule is COc1c(C)cccc1-c1noc([C@@H]2CCCN2)n1.